The van der Waals surface area contributed by atoms with Crippen LogP contribution >= 0.6 is 15.9 Å². The average molecular weight is 284 g/mol. The molecular weight excluding hydrogens is 266 g/mol. The quantitative estimate of drug-likeness (QED) is 0.904. The predicted octanol–water partition coefficient (Wildman–Crippen LogP) is 3.15. The first-order valence-corrected chi connectivity index (χ1v) is 6.17. The molecule has 16 heavy (non-hydrogen) atoms. The number of halogens is 1. The molecule has 0 saturated heterocycles. The first-order chi connectivity index (χ1) is 7.39. The molecule has 3 heteroatoms. The van der Waals surface area contributed by atoms with Crippen LogP contribution in [0.5, 0.6) is 0 Å². The molecule has 0 atom stereocenters. The van der Waals surface area contributed by atoms with E-state index in [0.717, 1.165) is 10.9 Å². The Kier molecular flexibility index (Phi) is 4.54. The highest BCUT2D eigenvalue weighted by Crippen LogP contribution is 2.22. The SMILES string of the molecule is CC(=O)NCC(C)(C)Cc1ccc(Br)cc1. The highest BCUT2D eigenvalue weighted by molar-refractivity contribution is 9.10. The van der Waals surface area contributed by atoms with Gasteiger partial charge in [0.15, 0.2) is 0 Å². The molecule has 2 nitrogen and oxygen atoms in total. The zero-order chi connectivity index (χ0) is 12.2. The molecule has 0 bridgehead atoms. The number of hydrogen-bond donors (Lipinski definition) is 1. The highest BCUT2D eigenvalue weighted by Gasteiger charge is 2.18. The molecule has 1 N–H and O–H groups in total. The summed E-state index contributed by atoms with van der Waals surface area (Å²) in [4.78, 5) is 10.9. The molecule has 0 aromatic heterocycles. The molecule has 0 aliphatic heterocycles. The normalized spacial score (nSPS) is 11.2. The Morgan fingerprint density at radius 3 is 2.38 bits per heavy atom. The molecule has 0 spiro atoms. The van der Waals surface area contributed by atoms with Crippen molar-refractivity contribution in [3.05, 3.63) is 34.3 Å². The summed E-state index contributed by atoms with van der Waals surface area (Å²) < 4.78 is 1.09. The van der Waals surface area contributed by atoms with Gasteiger partial charge in [0.05, 0.1) is 0 Å². The Labute approximate surface area is 106 Å². The Morgan fingerprint density at radius 2 is 1.88 bits per heavy atom. The van der Waals surface area contributed by atoms with Gasteiger partial charge >= 0.3 is 0 Å². The molecule has 0 saturated carbocycles. The number of carbonyl (C=O) groups is 1. The lowest BCUT2D eigenvalue weighted by atomic mass is 9.86. The molecule has 88 valence electrons. The van der Waals surface area contributed by atoms with Gasteiger partial charge in [-0.3, -0.25) is 4.79 Å². The summed E-state index contributed by atoms with van der Waals surface area (Å²) in [6.45, 7) is 6.57. The van der Waals surface area contributed by atoms with E-state index < -0.39 is 0 Å². The van der Waals surface area contributed by atoms with Gasteiger partial charge in [-0.15, -0.1) is 0 Å². The summed E-state index contributed by atoms with van der Waals surface area (Å²) in [6, 6.07) is 8.31. The van der Waals surface area contributed by atoms with Crippen LogP contribution in [-0.4, -0.2) is 12.5 Å². The fraction of sp³-hybridized carbons (Fsp3) is 0.462. The van der Waals surface area contributed by atoms with Gasteiger partial charge in [-0.25, -0.2) is 0 Å². The lowest BCUT2D eigenvalue weighted by Crippen LogP contribution is -2.33. The van der Waals surface area contributed by atoms with E-state index in [-0.39, 0.29) is 11.3 Å². The van der Waals surface area contributed by atoms with Crippen LogP contribution in [0.1, 0.15) is 26.3 Å². The van der Waals surface area contributed by atoms with Crippen LogP contribution in [0.15, 0.2) is 28.7 Å². The molecule has 1 aromatic carbocycles. The first-order valence-electron chi connectivity index (χ1n) is 5.38. The van der Waals surface area contributed by atoms with Crippen LogP contribution in [0.25, 0.3) is 0 Å². The van der Waals surface area contributed by atoms with Crippen molar-refractivity contribution >= 4 is 21.8 Å². The summed E-state index contributed by atoms with van der Waals surface area (Å²) in [5.41, 5.74) is 1.37. The van der Waals surface area contributed by atoms with Gasteiger partial charge in [0.25, 0.3) is 0 Å². The Balaban J connectivity index is 2.57. The van der Waals surface area contributed by atoms with Gasteiger partial charge in [0, 0.05) is 17.9 Å². The molecule has 0 heterocycles. The van der Waals surface area contributed by atoms with E-state index in [4.69, 9.17) is 0 Å². The molecule has 0 radical (unpaired) electrons. The van der Waals surface area contributed by atoms with E-state index in [1.54, 1.807) is 6.92 Å². The first kappa shape index (κ1) is 13.2. The maximum atomic E-state index is 10.9. The van der Waals surface area contributed by atoms with Crippen molar-refractivity contribution in [1.29, 1.82) is 0 Å². The second-order valence-electron chi connectivity index (χ2n) is 4.88. The monoisotopic (exact) mass is 283 g/mol. The number of amides is 1. The van der Waals surface area contributed by atoms with Crippen molar-refractivity contribution < 1.29 is 4.79 Å². The summed E-state index contributed by atoms with van der Waals surface area (Å²) >= 11 is 3.42. The lowest BCUT2D eigenvalue weighted by molar-refractivity contribution is -0.119. The van der Waals surface area contributed by atoms with Gasteiger partial charge in [-0.1, -0.05) is 41.9 Å². The smallest absolute Gasteiger partial charge is 0.216 e. The van der Waals surface area contributed by atoms with Crippen LogP contribution in [0, 0.1) is 5.41 Å². The molecule has 1 amide bonds. The van der Waals surface area contributed by atoms with Crippen molar-refractivity contribution in [2.45, 2.75) is 27.2 Å². The van der Waals surface area contributed by atoms with E-state index >= 15 is 0 Å². The molecule has 1 aromatic rings. The van der Waals surface area contributed by atoms with Crippen molar-refractivity contribution in [3.63, 3.8) is 0 Å². The maximum absolute atomic E-state index is 10.9. The van der Waals surface area contributed by atoms with Gasteiger partial charge in [-0.2, -0.15) is 0 Å². The zero-order valence-electron chi connectivity index (χ0n) is 10.0. The lowest BCUT2D eigenvalue weighted by Gasteiger charge is -2.24. The number of rotatable bonds is 4. The number of carbonyl (C=O) groups excluding carboxylic acids is 1. The highest BCUT2D eigenvalue weighted by atomic mass is 79.9. The molecule has 1 rings (SSSR count). The van der Waals surface area contributed by atoms with E-state index in [1.165, 1.54) is 5.56 Å². The minimum atomic E-state index is 0.0314. The summed E-state index contributed by atoms with van der Waals surface area (Å²) in [5.74, 6) is 0.0314. The number of nitrogens with one attached hydrogen (secondary N) is 1. The van der Waals surface area contributed by atoms with E-state index in [1.807, 2.05) is 12.1 Å². The zero-order valence-corrected chi connectivity index (χ0v) is 11.6. The average Bonchev–Trinajstić information content (AvgIpc) is 2.19. The molecule has 0 fully saturated rings. The largest absolute Gasteiger partial charge is 0.356 e. The van der Waals surface area contributed by atoms with Gasteiger partial charge in [0.1, 0.15) is 0 Å². The fourth-order valence-corrected chi connectivity index (χ4v) is 1.85. The van der Waals surface area contributed by atoms with Crippen molar-refractivity contribution in [2.24, 2.45) is 5.41 Å². The third kappa shape index (κ3) is 4.79. The Hall–Kier alpha value is -0.830. The Bertz CT molecular complexity index is 357. The minimum Gasteiger partial charge on any atom is -0.356 e. The second-order valence-corrected chi connectivity index (χ2v) is 5.79. The third-order valence-electron chi connectivity index (χ3n) is 2.41. The van der Waals surface area contributed by atoms with E-state index in [0.29, 0.717) is 6.54 Å². The van der Waals surface area contributed by atoms with Crippen LogP contribution in [0.2, 0.25) is 0 Å². The van der Waals surface area contributed by atoms with Crippen LogP contribution in [0.3, 0.4) is 0 Å². The summed E-state index contributed by atoms with van der Waals surface area (Å²) in [6.07, 6.45) is 0.959. The maximum Gasteiger partial charge on any atom is 0.216 e. The van der Waals surface area contributed by atoms with Crippen molar-refractivity contribution in [1.82, 2.24) is 5.32 Å². The van der Waals surface area contributed by atoms with Crippen LogP contribution in [0.4, 0.5) is 0 Å². The third-order valence-corrected chi connectivity index (χ3v) is 2.94. The molecule has 0 aliphatic rings. The summed E-state index contributed by atoms with van der Waals surface area (Å²) in [5, 5.41) is 2.87. The molecular formula is C13H18BrNO. The fourth-order valence-electron chi connectivity index (χ4n) is 1.58. The second kappa shape index (κ2) is 5.48. The standard InChI is InChI=1S/C13H18BrNO/c1-10(16)15-9-13(2,3)8-11-4-6-12(14)7-5-11/h4-7H,8-9H2,1-3H3,(H,15,16). The topological polar surface area (TPSA) is 29.1 Å². The van der Waals surface area contributed by atoms with Crippen molar-refractivity contribution in [3.8, 4) is 0 Å². The van der Waals surface area contributed by atoms with Gasteiger partial charge in [-0.05, 0) is 29.5 Å². The predicted molar refractivity (Wildman–Crippen MR) is 70.3 cm³/mol. The van der Waals surface area contributed by atoms with Crippen molar-refractivity contribution in [2.75, 3.05) is 6.54 Å². The number of hydrogen-bond acceptors (Lipinski definition) is 1. The molecule has 0 unspecified atom stereocenters. The van der Waals surface area contributed by atoms with Crippen LogP contribution < -0.4 is 5.32 Å². The van der Waals surface area contributed by atoms with Gasteiger partial charge in [0.2, 0.25) is 5.91 Å². The molecule has 0 aliphatic carbocycles. The van der Waals surface area contributed by atoms with E-state index in [2.05, 4.69) is 47.2 Å². The minimum absolute atomic E-state index is 0.0314. The van der Waals surface area contributed by atoms with E-state index in [9.17, 15) is 4.79 Å². The summed E-state index contributed by atoms with van der Waals surface area (Å²) in [7, 11) is 0. The number of benzene rings is 1. The van der Waals surface area contributed by atoms with Gasteiger partial charge < -0.3 is 5.32 Å². The van der Waals surface area contributed by atoms with Crippen LogP contribution in [-0.2, 0) is 11.2 Å². The Morgan fingerprint density at radius 1 is 1.31 bits per heavy atom.